The van der Waals surface area contributed by atoms with Gasteiger partial charge in [0.15, 0.2) is 6.61 Å². The van der Waals surface area contributed by atoms with Crippen molar-refractivity contribution < 1.29 is 40.7 Å². The van der Waals surface area contributed by atoms with Crippen LogP contribution in [0.15, 0.2) is 48.5 Å². The maximum absolute atomic E-state index is 13.0. The van der Waals surface area contributed by atoms with Gasteiger partial charge in [-0.3, -0.25) is 9.59 Å². The number of amides is 2. The lowest BCUT2D eigenvalue weighted by molar-refractivity contribution is -0.138. The van der Waals surface area contributed by atoms with E-state index in [-0.39, 0.29) is 12.3 Å². The molecule has 2 amide bonds. The van der Waals surface area contributed by atoms with Crippen molar-refractivity contribution in [2.75, 3.05) is 25.0 Å². The highest BCUT2D eigenvalue weighted by Crippen LogP contribution is 2.34. The van der Waals surface area contributed by atoms with Crippen molar-refractivity contribution in [3.63, 3.8) is 0 Å². The summed E-state index contributed by atoms with van der Waals surface area (Å²) in [5.74, 6) is -1.78. The summed E-state index contributed by atoms with van der Waals surface area (Å²) in [7, 11) is 0. The molecule has 11 heteroatoms. The average Bonchev–Trinajstić information content (AvgIpc) is 2.69. The summed E-state index contributed by atoms with van der Waals surface area (Å²) in [6.07, 6.45) is -9.26. The Labute approximate surface area is 173 Å². The molecular weight excluding hydrogens is 430 g/mol. The first-order chi connectivity index (χ1) is 14.4. The molecular formula is C20H18F6N2O3. The van der Waals surface area contributed by atoms with Crippen LogP contribution in [0.3, 0.4) is 0 Å². The van der Waals surface area contributed by atoms with Gasteiger partial charge >= 0.3 is 12.4 Å². The first kappa shape index (κ1) is 24.0. The zero-order valence-electron chi connectivity index (χ0n) is 16.2. The number of halogens is 6. The lowest BCUT2D eigenvalue weighted by atomic mass is 10.1. The third-order valence-electron chi connectivity index (χ3n) is 4.10. The van der Waals surface area contributed by atoms with E-state index in [1.807, 2.05) is 0 Å². The van der Waals surface area contributed by atoms with Crippen LogP contribution >= 0.6 is 0 Å². The second-order valence-corrected chi connectivity index (χ2v) is 6.31. The monoisotopic (exact) mass is 448 g/mol. The highest BCUT2D eigenvalue weighted by Gasteiger charge is 2.34. The van der Waals surface area contributed by atoms with Crippen molar-refractivity contribution in [2.24, 2.45) is 0 Å². The Kier molecular flexibility index (Phi) is 7.53. The Balaban J connectivity index is 1.99. The molecule has 31 heavy (non-hydrogen) atoms. The summed E-state index contributed by atoms with van der Waals surface area (Å²) in [6.45, 7) is 0.341. The minimum absolute atomic E-state index is 0.0269. The summed E-state index contributed by atoms with van der Waals surface area (Å²) in [4.78, 5) is 25.4. The van der Waals surface area contributed by atoms with Crippen molar-refractivity contribution >= 4 is 17.5 Å². The van der Waals surface area contributed by atoms with E-state index >= 15 is 0 Å². The van der Waals surface area contributed by atoms with Crippen molar-refractivity contribution in [2.45, 2.75) is 19.3 Å². The number of carbonyl (C=O) groups excluding carboxylic acids is 2. The van der Waals surface area contributed by atoms with Crippen LogP contribution in [-0.4, -0.2) is 36.4 Å². The molecule has 0 heterocycles. The Morgan fingerprint density at radius 1 is 0.968 bits per heavy atom. The first-order valence-corrected chi connectivity index (χ1v) is 8.95. The van der Waals surface area contributed by atoms with Crippen LogP contribution in [-0.2, 0) is 21.9 Å². The number of ether oxygens (including phenoxy) is 1. The Morgan fingerprint density at radius 2 is 1.65 bits per heavy atom. The average molecular weight is 448 g/mol. The van der Waals surface area contributed by atoms with E-state index < -0.39 is 54.1 Å². The minimum atomic E-state index is -4.68. The summed E-state index contributed by atoms with van der Waals surface area (Å²) < 4.78 is 82.3. The van der Waals surface area contributed by atoms with E-state index in [1.165, 1.54) is 25.1 Å². The minimum Gasteiger partial charge on any atom is -0.484 e. The van der Waals surface area contributed by atoms with Gasteiger partial charge in [-0.25, -0.2) is 0 Å². The summed E-state index contributed by atoms with van der Waals surface area (Å²) in [5, 5.41) is 2.12. The molecule has 5 nitrogen and oxygen atoms in total. The molecule has 0 aromatic heterocycles. The normalized spacial score (nSPS) is 11.7. The molecule has 0 aliphatic heterocycles. The fourth-order valence-corrected chi connectivity index (χ4v) is 2.58. The molecule has 0 bridgehead atoms. The number of nitrogens with one attached hydrogen (secondary N) is 1. The van der Waals surface area contributed by atoms with Gasteiger partial charge < -0.3 is 15.0 Å². The van der Waals surface area contributed by atoms with E-state index in [1.54, 1.807) is 0 Å². The van der Waals surface area contributed by atoms with E-state index in [4.69, 9.17) is 4.74 Å². The molecule has 0 unspecified atom stereocenters. The van der Waals surface area contributed by atoms with Crippen LogP contribution in [0.4, 0.5) is 32.0 Å². The Hall–Kier alpha value is -3.24. The SMILES string of the molecule is CCN(CC(=O)Nc1ccccc1C(F)(F)F)C(=O)COc1cccc(C(F)(F)F)c1. The summed E-state index contributed by atoms with van der Waals surface area (Å²) in [5.41, 5.74) is -2.44. The lowest BCUT2D eigenvalue weighted by Gasteiger charge is -2.21. The zero-order valence-corrected chi connectivity index (χ0v) is 16.2. The maximum Gasteiger partial charge on any atom is 0.418 e. The van der Waals surface area contributed by atoms with Gasteiger partial charge in [0.25, 0.3) is 5.91 Å². The van der Waals surface area contributed by atoms with Crippen molar-refractivity contribution in [1.29, 1.82) is 0 Å². The lowest BCUT2D eigenvalue weighted by Crippen LogP contribution is -2.40. The smallest absolute Gasteiger partial charge is 0.418 e. The topological polar surface area (TPSA) is 58.6 Å². The van der Waals surface area contributed by atoms with Gasteiger partial charge in [0, 0.05) is 6.54 Å². The van der Waals surface area contributed by atoms with Crippen molar-refractivity contribution in [3.05, 3.63) is 59.7 Å². The van der Waals surface area contributed by atoms with Gasteiger partial charge in [0.05, 0.1) is 23.4 Å². The van der Waals surface area contributed by atoms with Crippen LogP contribution in [0, 0.1) is 0 Å². The fraction of sp³-hybridized carbons (Fsp3) is 0.300. The van der Waals surface area contributed by atoms with Crippen LogP contribution in [0.5, 0.6) is 5.75 Å². The zero-order chi connectivity index (χ0) is 23.2. The number of nitrogens with zero attached hydrogens (tertiary/aromatic N) is 1. The van der Waals surface area contributed by atoms with Crippen molar-refractivity contribution in [1.82, 2.24) is 4.90 Å². The van der Waals surface area contributed by atoms with Gasteiger partial charge in [-0.1, -0.05) is 18.2 Å². The number of carbonyl (C=O) groups is 2. The number of alkyl halides is 6. The standard InChI is InChI=1S/C20H18F6N2O3/c1-2-28(11-17(29)27-16-9-4-3-8-15(16)20(24,25)26)18(30)12-31-14-7-5-6-13(10-14)19(21,22)23/h3-10H,2,11-12H2,1H3,(H,27,29). The molecule has 168 valence electrons. The van der Waals surface area contributed by atoms with Crippen LogP contribution in [0.1, 0.15) is 18.1 Å². The largest absolute Gasteiger partial charge is 0.484 e. The number of hydrogen-bond donors (Lipinski definition) is 1. The van der Waals surface area contributed by atoms with Crippen LogP contribution in [0.25, 0.3) is 0 Å². The number of para-hydroxylation sites is 1. The van der Waals surface area contributed by atoms with E-state index in [0.29, 0.717) is 0 Å². The second kappa shape index (κ2) is 9.71. The fourth-order valence-electron chi connectivity index (χ4n) is 2.58. The molecule has 0 radical (unpaired) electrons. The maximum atomic E-state index is 13.0. The molecule has 1 N–H and O–H groups in total. The number of hydrogen-bond acceptors (Lipinski definition) is 3. The molecule has 2 rings (SSSR count). The molecule has 0 saturated carbocycles. The van der Waals surface area contributed by atoms with Gasteiger partial charge in [-0.2, -0.15) is 26.3 Å². The van der Waals surface area contributed by atoms with Gasteiger partial charge in [0.2, 0.25) is 5.91 Å². The highest BCUT2D eigenvalue weighted by molar-refractivity contribution is 5.95. The Morgan fingerprint density at radius 3 is 2.26 bits per heavy atom. The van der Waals surface area contributed by atoms with Gasteiger partial charge in [-0.15, -0.1) is 0 Å². The number of rotatable bonds is 7. The third-order valence-corrected chi connectivity index (χ3v) is 4.10. The van der Waals surface area contributed by atoms with Gasteiger partial charge in [0.1, 0.15) is 5.75 Å². The first-order valence-electron chi connectivity index (χ1n) is 8.95. The van der Waals surface area contributed by atoms with Crippen LogP contribution in [0.2, 0.25) is 0 Å². The van der Waals surface area contributed by atoms with Gasteiger partial charge in [-0.05, 0) is 37.3 Å². The molecule has 0 atom stereocenters. The molecule has 0 fully saturated rings. The van der Waals surface area contributed by atoms with E-state index in [2.05, 4.69) is 5.32 Å². The summed E-state index contributed by atoms with van der Waals surface area (Å²) in [6, 6.07) is 8.30. The molecule has 2 aromatic carbocycles. The van der Waals surface area contributed by atoms with E-state index in [0.717, 1.165) is 35.2 Å². The third kappa shape index (κ3) is 6.90. The molecule has 0 aliphatic rings. The molecule has 2 aromatic rings. The molecule has 0 aliphatic carbocycles. The number of likely N-dealkylation sites (N-methyl/N-ethyl adjacent to an activating group) is 1. The number of benzene rings is 2. The predicted molar refractivity (Wildman–Crippen MR) is 99.3 cm³/mol. The van der Waals surface area contributed by atoms with Crippen LogP contribution < -0.4 is 10.1 Å². The van der Waals surface area contributed by atoms with Crippen molar-refractivity contribution in [3.8, 4) is 5.75 Å². The second-order valence-electron chi connectivity index (χ2n) is 6.31. The highest BCUT2D eigenvalue weighted by atomic mass is 19.4. The number of anilines is 1. The Bertz CT molecular complexity index is 928. The van der Waals surface area contributed by atoms with E-state index in [9.17, 15) is 35.9 Å². The molecule has 0 saturated heterocycles. The predicted octanol–water partition coefficient (Wildman–Crippen LogP) is 4.59. The quantitative estimate of drug-likeness (QED) is 0.631. The summed E-state index contributed by atoms with van der Waals surface area (Å²) >= 11 is 0. The molecule has 0 spiro atoms.